The van der Waals surface area contributed by atoms with Gasteiger partial charge in [0.05, 0.1) is 12.9 Å². The molecule has 3 rings (SSSR count). The highest BCUT2D eigenvalue weighted by Gasteiger charge is 2.21. The second kappa shape index (κ2) is 7.83. The maximum absolute atomic E-state index is 12.4. The zero-order valence-electron chi connectivity index (χ0n) is 14.2. The number of hydrogen-bond acceptors (Lipinski definition) is 5. The van der Waals surface area contributed by atoms with E-state index in [9.17, 15) is 4.79 Å². The van der Waals surface area contributed by atoms with Crippen molar-refractivity contribution in [1.29, 1.82) is 0 Å². The first-order chi connectivity index (χ1) is 11.7. The highest BCUT2D eigenvalue weighted by atomic mass is 32.2. The molecule has 5 nitrogen and oxygen atoms in total. The first-order valence-corrected chi connectivity index (χ1v) is 9.39. The molecule has 0 spiro atoms. The number of carbonyl (C=O) groups is 1. The summed E-state index contributed by atoms with van der Waals surface area (Å²) in [4.78, 5) is 12.4. The Morgan fingerprint density at radius 1 is 1.21 bits per heavy atom. The average Bonchev–Trinajstić information content (AvgIpc) is 3.01. The van der Waals surface area contributed by atoms with Crippen molar-refractivity contribution < 1.29 is 9.53 Å². The monoisotopic (exact) mass is 345 g/mol. The lowest BCUT2D eigenvalue weighted by Gasteiger charge is -2.24. The minimum Gasteiger partial charge on any atom is -0.497 e. The highest BCUT2D eigenvalue weighted by molar-refractivity contribution is 7.99. The van der Waals surface area contributed by atoms with Crippen molar-refractivity contribution in [3.63, 3.8) is 0 Å². The molecular formula is C18H23N3O2S. The van der Waals surface area contributed by atoms with Crippen LogP contribution in [0.25, 0.3) is 0 Å². The van der Waals surface area contributed by atoms with Gasteiger partial charge < -0.3 is 9.30 Å². The molecule has 1 aromatic heterocycles. The van der Waals surface area contributed by atoms with Crippen LogP contribution in [0.2, 0.25) is 0 Å². The molecule has 24 heavy (non-hydrogen) atoms. The SMILES string of the molecule is COc1ccc(C(=O)CSc2nnc(C)n2C2CCCCC2)cc1. The van der Waals surface area contributed by atoms with Gasteiger partial charge in [-0.1, -0.05) is 31.0 Å². The number of ether oxygens (including phenoxy) is 1. The van der Waals surface area contributed by atoms with Gasteiger partial charge in [0.2, 0.25) is 0 Å². The van der Waals surface area contributed by atoms with E-state index in [2.05, 4.69) is 14.8 Å². The molecule has 1 aliphatic carbocycles. The molecule has 128 valence electrons. The van der Waals surface area contributed by atoms with Crippen LogP contribution in [0, 0.1) is 6.92 Å². The average molecular weight is 345 g/mol. The summed E-state index contributed by atoms with van der Waals surface area (Å²) in [5, 5.41) is 9.38. The van der Waals surface area contributed by atoms with Crippen molar-refractivity contribution in [3.8, 4) is 5.75 Å². The third-order valence-corrected chi connectivity index (χ3v) is 5.46. The summed E-state index contributed by atoms with van der Waals surface area (Å²) in [5.74, 6) is 2.17. The van der Waals surface area contributed by atoms with Gasteiger partial charge in [-0.05, 0) is 44.0 Å². The lowest BCUT2D eigenvalue weighted by Crippen LogP contribution is -2.15. The van der Waals surface area contributed by atoms with E-state index in [0.717, 1.165) is 16.7 Å². The molecule has 1 aromatic carbocycles. The highest BCUT2D eigenvalue weighted by Crippen LogP contribution is 2.32. The fourth-order valence-corrected chi connectivity index (χ4v) is 4.14. The summed E-state index contributed by atoms with van der Waals surface area (Å²) < 4.78 is 7.35. The van der Waals surface area contributed by atoms with Gasteiger partial charge in [0.15, 0.2) is 10.9 Å². The van der Waals surface area contributed by atoms with Crippen LogP contribution in [0.4, 0.5) is 0 Å². The van der Waals surface area contributed by atoms with Gasteiger partial charge in [-0.15, -0.1) is 10.2 Å². The predicted molar refractivity (Wildman–Crippen MR) is 94.9 cm³/mol. The lowest BCUT2D eigenvalue weighted by atomic mass is 9.95. The number of methoxy groups -OCH3 is 1. The van der Waals surface area contributed by atoms with E-state index in [1.807, 2.05) is 19.1 Å². The number of ketones is 1. The van der Waals surface area contributed by atoms with Crippen LogP contribution in [0.5, 0.6) is 5.75 Å². The zero-order valence-corrected chi connectivity index (χ0v) is 15.0. The predicted octanol–water partition coefficient (Wildman–Crippen LogP) is 4.08. The molecule has 0 unspecified atom stereocenters. The zero-order chi connectivity index (χ0) is 16.9. The van der Waals surface area contributed by atoms with Crippen LogP contribution < -0.4 is 4.74 Å². The van der Waals surface area contributed by atoms with Crippen LogP contribution in [-0.2, 0) is 0 Å². The van der Waals surface area contributed by atoms with Crippen LogP contribution >= 0.6 is 11.8 Å². The standard InChI is InChI=1S/C18H23N3O2S/c1-13-19-20-18(21(13)15-6-4-3-5-7-15)24-12-17(22)14-8-10-16(23-2)11-9-14/h8-11,15H,3-7,12H2,1-2H3. The Kier molecular flexibility index (Phi) is 5.56. The fourth-order valence-electron chi connectivity index (χ4n) is 3.20. The summed E-state index contributed by atoms with van der Waals surface area (Å²) >= 11 is 1.48. The number of thioether (sulfide) groups is 1. The van der Waals surface area contributed by atoms with E-state index in [1.54, 1.807) is 19.2 Å². The van der Waals surface area contributed by atoms with Crippen LogP contribution in [0.15, 0.2) is 29.4 Å². The molecule has 1 heterocycles. The number of rotatable bonds is 6. The van der Waals surface area contributed by atoms with E-state index in [1.165, 1.54) is 43.9 Å². The van der Waals surface area contributed by atoms with Gasteiger partial charge in [-0.25, -0.2) is 0 Å². The lowest BCUT2D eigenvalue weighted by molar-refractivity contribution is 0.102. The molecule has 0 N–H and O–H groups in total. The first-order valence-electron chi connectivity index (χ1n) is 8.40. The van der Waals surface area contributed by atoms with Gasteiger partial charge in [0.25, 0.3) is 0 Å². The Bertz CT molecular complexity index is 691. The summed E-state index contributed by atoms with van der Waals surface area (Å²) in [6.45, 7) is 2.00. The third-order valence-electron chi connectivity index (χ3n) is 4.52. The topological polar surface area (TPSA) is 57.0 Å². The number of nitrogens with zero attached hydrogens (tertiary/aromatic N) is 3. The summed E-state index contributed by atoms with van der Waals surface area (Å²) in [5.41, 5.74) is 0.698. The van der Waals surface area contributed by atoms with Crippen LogP contribution in [0.3, 0.4) is 0 Å². The Balaban J connectivity index is 1.66. The number of benzene rings is 1. The van der Waals surface area contributed by atoms with Gasteiger partial charge in [-0.2, -0.15) is 0 Å². The van der Waals surface area contributed by atoms with E-state index < -0.39 is 0 Å². The van der Waals surface area contributed by atoms with Gasteiger partial charge in [-0.3, -0.25) is 4.79 Å². The molecule has 0 amide bonds. The van der Waals surface area contributed by atoms with Gasteiger partial charge in [0.1, 0.15) is 11.6 Å². The largest absolute Gasteiger partial charge is 0.497 e. The smallest absolute Gasteiger partial charge is 0.191 e. The van der Waals surface area contributed by atoms with Crippen molar-refractivity contribution in [2.24, 2.45) is 0 Å². The number of carbonyl (C=O) groups excluding carboxylic acids is 1. The molecule has 2 aromatic rings. The van der Waals surface area contributed by atoms with E-state index >= 15 is 0 Å². The number of aryl methyl sites for hydroxylation is 1. The molecule has 0 bridgehead atoms. The normalized spacial score (nSPS) is 15.4. The quantitative estimate of drug-likeness (QED) is 0.583. The van der Waals surface area contributed by atoms with Crippen molar-refractivity contribution >= 4 is 17.5 Å². The maximum atomic E-state index is 12.4. The van der Waals surface area contributed by atoms with E-state index in [0.29, 0.717) is 17.4 Å². The van der Waals surface area contributed by atoms with Crippen molar-refractivity contribution in [1.82, 2.24) is 14.8 Å². The molecule has 0 radical (unpaired) electrons. The Morgan fingerprint density at radius 3 is 2.58 bits per heavy atom. The van der Waals surface area contributed by atoms with E-state index in [4.69, 9.17) is 4.74 Å². The second-order valence-corrected chi connectivity index (χ2v) is 7.07. The number of hydrogen-bond donors (Lipinski definition) is 0. The van der Waals surface area contributed by atoms with Crippen LogP contribution in [0.1, 0.15) is 54.3 Å². The molecule has 6 heteroatoms. The molecule has 0 aliphatic heterocycles. The molecular weight excluding hydrogens is 322 g/mol. The number of Topliss-reactive ketones (excluding diaryl/α,β-unsaturated/α-hetero) is 1. The Hall–Kier alpha value is -1.82. The fraction of sp³-hybridized carbons (Fsp3) is 0.500. The van der Waals surface area contributed by atoms with Crippen molar-refractivity contribution in [2.45, 2.75) is 50.2 Å². The van der Waals surface area contributed by atoms with Gasteiger partial charge in [0, 0.05) is 11.6 Å². The Morgan fingerprint density at radius 2 is 1.92 bits per heavy atom. The molecule has 1 aliphatic rings. The van der Waals surface area contributed by atoms with Gasteiger partial charge >= 0.3 is 0 Å². The van der Waals surface area contributed by atoms with E-state index in [-0.39, 0.29) is 5.78 Å². The summed E-state index contributed by atoms with van der Waals surface area (Å²) in [6.07, 6.45) is 6.20. The number of aromatic nitrogens is 3. The van der Waals surface area contributed by atoms with Crippen molar-refractivity contribution in [3.05, 3.63) is 35.7 Å². The molecule has 1 fully saturated rings. The minimum absolute atomic E-state index is 0.0958. The van der Waals surface area contributed by atoms with Crippen molar-refractivity contribution in [2.75, 3.05) is 12.9 Å². The molecule has 0 saturated heterocycles. The van der Waals surface area contributed by atoms with Crippen LogP contribution in [-0.4, -0.2) is 33.4 Å². The minimum atomic E-state index is 0.0958. The third kappa shape index (κ3) is 3.80. The Labute approximate surface area is 146 Å². The molecule has 1 saturated carbocycles. The maximum Gasteiger partial charge on any atom is 0.191 e. The summed E-state index contributed by atoms with van der Waals surface area (Å²) in [6, 6.07) is 7.71. The first kappa shape index (κ1) is 17.0. The second-order valence-electron chi connectivity index (χ2n) is 6.13. The summed E-state index contributed by atoms with van der Waals surface area (Å²) in [7, 11) is 1.62. The molecule has 0 atom stereocenters.